The van der Waals surface area contributed by atoms with Crippen LogP contribution in [0, 0.1) is 6.92 Å². The lowest BCUT2D eigenvalue weighted by Gasteiger charge is -2.18. The van der Waals surface area contributed by atoms with Crippen LogP contribution in [-0.4, -0.2) is 32.4 Å². The third kappa shape index (κ3) is 2.23. The van der Waals surface area contributed by atoms with Crippen molar-refractivity contribution in [3.63, 3.8) is 0 Å². The molecule has 0 bridgehead atoms. The Balaban J connectivity index is 3.13. The first-order valence-electron chi connectivity index (χ1n) is 4.53. The molecule has 16 heavy (non-hydrogen) atoms. The van der Waals surface area contributed by atoms with E-state index in [9.17, 15) is 20.1 Å². The van der Waals surface area contributed by atoms with E-state index in [1.807, 2.05) is 0 Å². The molecule has 0 saturated heterocycles. The van der Waals surface area contributed by atoms with Crippen molar-refractivity contribution in [3.8, 4) is 11.5 Å². The van der Waals surface area contributed by atoms with E-state index in [2.05, 4.69) is 0 Å². The fraction of sp³-hybridized carbons (Fsp3) is 0.300. The van der Waals surface area contributed by atoms with Crippen LogP contribution < -0.4 is 5.73 Å². The Labute approximate surface area is 91.6 Å². The molecule has 6 N–H and O–H groups in total. The number of carbonyl (C=O) groups is 1. The van der Waals surface area contributed by atoms with E-state index in [1.165, 1.54) is 6.07 Å². The monoisotopic (exact) mass is 227 g/mol. The number of aliphatic hydroxyl groups excluding tert-OH is 1. The van der Waals surface area contributed by atoms with Crippen molar-refractivity contribution in [3.05, 3.63) is 23.3 Å². The van der Waals surface area contributed by atoms with E-state index in [1.54, 1.807) is 6.92 Å². The number of hydrogen-bond acceptors (Lipinski definition) is 5. The molecule has 0 radical (unpaired) electrons. The van der Waals surface area contributed by atoms with Crippen molar-refractivity contribution in [2.45, 2.75) is 19.1 Å². The number of rotatable bonds is 3. The number of aliphatic hydroxyl groups is 1. The summed E-state index contributed by atoms with van der Waals surface area (Å²) in [7, 11) is 0. The van der Waals surface area contributed by atoms with Crippen LogP contribution in [0.1, 0.15) is 17.2 Å². The van der Waals surface area contributed by atoms with Gasteiger partial charge in [0.25, 0.3) is 0 Å². The van der Waals surface area contributed by atoms with Crippen LogP contribution in [0.3, 0.4) is 0 Å². The van der Waals surface area contributed by atoms with Crippen LogP contribution in [0.4, 0.5) is 0 Å². The number of phenols is 2. The highest BCUT2D eigenvalue weighted by atomic mass is 16.4. The zero-order chi connectivity index (χ0) is 12.5. The van der Waals surface area contributed by atoms with E-state index >= 15 is 0 Å². The van der Waals surface area contributed by atoms with Gasteiger partial charge in [-0.05, 0) is 30.2 Å². The molecule has 1 aromatic rings. The highest BCUT2D eigenvalue weighted by molar-refractivity contribution is 5.74. The highest BCUT2D eigenvalue weighted by Gasteiger charge is 2.25. The molecule has 6 nitrogen and oxygen atoms in total. The van der Waals surface area contributed by atoms with Gasteiger partial charge >= 0.3 is 5.97 Å². The number of nitrogens with two attached hydrogens (primary N) is 1. The van der Waals surface area contributed by atoms with Crippen molar-refractivity contribution < 1.29 is 25.2 Å². The summed E-state index contributed by atoms with van der Waals surface area (Å²) in [5.41, 5.74) is 5.87. The Hall–Kier alpha value is -1.79. The summed E-state index contributed by atoms with van der Waals surface area (Å²) < 4.78 is 0. The van der Waals surface area contributed by atoms with Gasteiger partial charge in [-0.25, -0.2) is 0 Å². The van der Waals surface area contributed by atoms with Crippen molar-refractivity contribution in [1.29, 1.82) is 0 Å². The van der Waals surface area contributed by atoms with E-state index in [0.717, 1.165) is 6.07 Å². The number of carboxylic acid groups (broad SMARTS) is 1. The quantitative estimate of drug-likeness (QED) is 0.457. The Morgan fingerprint density at radius 3 is 2.31 bits per heavy atom. The summed E-state index contributed by atoms with van der Waals surface area (Å²) in [5.74, 6) is -2.12. The first-order valence-corrected chi connectivity index (χ1v) is 4.53. The molecule has 0 fully saturated rings. The third-order valence-corrected chi connectivity index (χ3v) is 2.31. The van der Waals surface area contributed by atoms with Crippen LogP contribution in [0.15, 0.2) is 12.1 Å². The van der Waals surface area contributed by atoms with E-state index in [-0.39, 0.29) is 11.3 Å². The number of hydrogen-bond donors (Lipinski definition) is 5. The number of phenolic OH excluding ortho intramolecular Hbond substituents is 2. The maximum atomic E-state index is 10.6. The first-order chi connectivity index (χ1) is 7.34. The molecule has 0 amide bonds. The number of aromatic hydroxyl groups is 2. The Bertz CT molecular complexity index is 418. The fourth-order valence-corrected chi connectivity index (χ4v) is 1.34. The second-order valence-corrected chi connectivity index (χ2v) is 3.51. The van der Waals surface area contributed by atoms with Crippen LogP contribution in [0.5, 0.6) is 11.5 Å². The Morgan fingerprint density at radius 2 is 1.81 bits per heavy atom. The largest absolute Gasteiger partial charge is 0.504 e. The number of aryl methyl sites for hydroxylation is 1. The van der Waals surface area contributed by atoms with E-state index in [0.29, 0.717) is 5.56 Å². The molecule has 0 aliphatic carbocycles. The van der Waals surface area contributed by atoms with Crippen molar-refractivity contribution in [2.75, 3.05) is 0 Å². The Kier molecular flexibility index (Phi) is 3.36. The molecule has 0 aliphatic heterocycles. The summed E-state index contributed by atoms with van der Waals surface area (Å²) in [5, 5.41) is 36.7. The van der Waals surface area contributed by atoms with Crippen LogP contribution in [0.2, 0.25) is 0 Å². The van der Waals surface area contributed by atoms with E-state index < -0.39 is 23.9 Å². The van der Waals surface area contributed by atoms with Gasteiger partial charge in [0.15, 0.2) is 11.5 Å². The molecule has 2 atom stereocenters. The summed E-state index contributed by atoms with van der Waals surface area (Å²) >= 11 is 0. The molecule has 0 aromatic heterocycles. The van der Waals surface area contributed by atoms with Crippen molar-refractivity contribution >= 4 is 5.97 Å². The normalized spacial score (nSPS) is 14.4. The molecular formula is C10H13NO5. The van der Waals surface area contributed by atoms with E-state index in [4.69, 9.17) is 10.8 Å². The zero-order valence-electron chi connectivity index (χ0n) is 8.58. The van der Waals surface area contributed by atoms with Crippen LogP contribution in [0.25, 0.3) is 0 Å². The van der Waals surface area contributed by atoms with Gasteiger partial charge in [0.05, 0.1) is 0 Å². The summed E-state index contributed by atoms with van der Waals surface area (Å²) in [6.45, 7) is 1.56. The second-order valence-electron chi connectivity index (χ2n) is 3.51. The zero-order valence-corrected chi connectivity index (χ0v) is 8.58. The molecule has 1 rings (SSSR count). The second kappa shape index (κ2) is 4.38. The van der Waals surface area contributed by atoms with Gasteiger partial charge in [0, 0.05) is 0 Å². The first kappa shape index (κ1) is 12.3. The SMILES string of the molecule is Cc1cc(O)c(O)cc1C(O)C(N)C(=O)O. The predicted octanol–water partition coefficient (Wildman–Crippen LogP) is -0.148. The van der Waals surface area contributed by atoms with Gasteiger partial charge in [-0.2, -0.15) is 0 Å². The van der Waals surface area contributed by atoms with Crippen molar-refractivity contribution in [1.82, 2.24) is 0 Å². The molecule has 0 saturated carbocycles. The average Bonchev–Trinajstić information content (AvgIpc) is 2.21. The molecule has 2 unspecified atom stereocenters. The Morgan fingerprint density at radius 1 is 1.31 bits per heavy atom. The number of carboxylic acids is 1. The van der Waals surface area contributed by atoms with Gasteiger partial charge in [-0.1, -0.05) is 0 Å². The minimum absolute atomic E-state index is 0.171. The molecule has 6 heteroatoms. The maximum Gasteiger partial charge on any atom is 0.323 e. The lowest BCUT2D eigenvalue weighted by Crippen LogP contribution is -2.36. The molecular weight excluding hydrogens is 214 g/mol. The smallest absolute Gasteiger partial charge is 0.323 e. The van der Waals surface area contributed by atoms with Crippen molar-refractivity contribution in [2.24, 2.45) is 5.73 Å². The van der Waals surface area contributed by atoms with Gasteiger partial charge in [-0.15, -0.1) is 0 Å². The number of benzene rings is 1. The van der Waals surface area contributed by atoms with Crippen LogP contribution >= 0.6 is 0 Å². The van der Waals surface area contributed by atoms with Gasteiger partial charge in [0.2, 0.25) is 0 Å². The van der Waals surface area contributed by atoms with Gasteiger partial charge < -0.3 is 26.2 Å². The standard InChI is InChI=1S/C10H13NO5/c1-4-2-6(12)7(13)3-5(4)9(14)8(11)10(15)16/h2-3,8-9,12-14H,11H2,1H3,(H,15,16). The molecule has 0 aliphatic rings. The molecule has 0 spiro atoms. The highest BCUT2D eigenvalue weighted by Crippen LogP contribution is 2.31. The summed E-state index contributed by atoms with van der Waals surface area (Å²) in [6, 6.07) is 0.836. The van der Waals surface area contributed by atoms with Gasteiger partial charge in [-0.3, -0.25) is 4.79 Å². The summed E-state index contributed by atoms with van der Waals surface area (Å²) in [6.07, 6.45) is -1.44. The lowest BCUT2D eigenvalue weighted by molar-refractivity contribution is -0.141. The third-order valence-electron chi connectivity index (χ3n) is 2.31. The molecule has 0 heterocycles. The molecule has 88 valence electrons. The maximum absolute atomic E-state index is 10.6. The molecule has 1 aromatic carbocycles. The minimum atomic E-state index is -1.48. The summed E-state index contributed by atoms with van der Waals surface area (Å²) in [4.78, 5) is 10.6. The minimum Gasteiger partial charge on any atom is -0.504 e. The topological polar surface area (TPSA) is 124 Å². The average molecular weight is 227 g/mol. The lowest BCUT2D eigenvalue weighted by atomic mass is 9.97. The van der Waals surface area contributed by atoms with Crippen LogP contribution in [-0.2, 0) is 4.79 Å². The predicted molar refractivity (Wildman–Crippen MR) is 55.1 cm³/mol. The van der Waals surface area contributed by atoms with Gasteiger partial charge in [0.1, 0.15) is 12.1 Å². The number of aliphatic carboxylic acids is 1. The fourth-order valence-electron chi connectivity index (χ4n) is 1.34.